The van der Waals surface area contributed by atoms with Crippen LogP contribution < -0.4 is 15.0 Å². The van der Waals surface area contributed by atoms with Crippen LogP contribution in [0.25, 0.3) is 0 Å². The number of anilines is 3. The maximum absolute atomic E-state index is 13.3. The summed E-state index contributed by atoms with van der Waals surface area (Å²) in [6, 6.07) is 12.2. The summed E-state index contributed by atoms with van der Waals surface area (Å²) in [6.07, 6.45) is 4.38. The maximum Gasteiger partial charge on any atom is 0.325 e. The molecule has 1 fully saturated rings. The fourth-order valence-electron chi connectivity index (χ4n) is 5.22. The van der Waals surface area contributed by atoms with E-state index in [1.807, 2.05) is 26.0 Å². The third-order valence-corrected chi connectivity index (χ3v) is 7.43. The van der Waals surface area contributed by atoms with Crippen LogP contribution in [0.2, 0.25) is 0 Å². The lowest BCUT2D eigenvalue weighted by Crippen LogP contribution is -2.36. The maximum atomic E-state index is 13.3. The van der Waals surface area contributed by atoms with Crippen LogP contribution in [0.3, 0.4) is 0 Å². The smallest absolute Gasteiger partial charge is 0.325 e. The molecular weight excluding hydrogens is 540 g/mol. The van der Waals surface area contributed by atoms with Gasteiger partial charge in [0.2, 0.25) is 5.95 Å². The molecule has 210 valence electrons. The summed E-state index contributed by atoms with van der Waals surface area (Å²) in [5.41, 5.74) is 5.02. The van der Waals surface area contributed by atoms with Crippen molar-refractivity contribution in [3.05, 3.63) is 70.7 Å². The zero-order chi connectivity index (χ0) is 25.9. The Kier molecular flexibility index (Phi) is 10.5. The molecule has 2 aromatic carbocycles. The van der Waals surface area contributed by atoms with Crippen molar-refractivity contribution in [1.82, 2.24) is 14.9 Å². The first-order chi connectivity index (χ1) is 17.9. The normalized spacial score (nSPS) is 16.9. The van der Waals surface area contributed by atoms with Gasteiger partial charge < -0.3 is 15.0 Å². The van der Waals surface area contributed by atoms with Gasteiger partial charge in [-0.2, -0.15) is 4.98 Å². The first-order valence-corrected chi connectivity index (χ1v) is 13.1. The monoisotopic (exact) mass is 575 g/mol. The number of ether oxygens (including phenoxy) is 1. The minimum absolute atomic E-state index is 0. The molecule has 1 aromatic heterocycles. The van der Waals surface area contributed by atoms with Crippen molar-refractivity contribution in [2.24, 2.45) is 0 Å². The van der Waals surface area contributed by atoms with Crippen LogP contribution in [0.1, 0.15) is 54.6 Å². The number of rotatable bonds is 6. The fourth-order valence-corrected chi connectivity index (χ4v) is 5.22. The summed E-state index contributed by atoms with van der Waals surface area (Å²) < 4.78 is 19.1. The average molecular weight is 577 g/mol. The quantitative estimate of drug-likeness (QED) is 0.272. The zero-order valence-electron chi connectivity index (χ0n) is 22.6. The molecule has 0 spiro atoms. The molecule has 7 nitrogen and oxygen atoms in total. The molecule has 39 heavy (non-hydrogen) atoms. The number of likely N-dealkylation sites (tertiary alicyclic amines) is 1. The second kappa shape index (κ2) is 13.4. The Morgan fingerprint density at radius 2 is 1.74 bits per heavy atom. The van der Waals surface area contributed by atoms with Crippen molar-refractivity contribution < 1.29 is 13.9 Å². The molecular formula is C29H36Cl2FN5O2. The van der Waals surface area contributed by atoms with Crippen LogP contribution in [-0.4, -0.2) is 47.0 Å². The Morgan fingerprint density at radius 1 is 1.03 bits per heavy atom. The van der Waals surface area contributed by atoms with E-state index in [1.165, 1.54) is 24.1 Å². The predicted octanol–water partition coefficient (Wildman–Crippen LogP) is 6.33. The Bertz CT molecular complexity index is 1290. The van der Waals surface area contributed by atoms with Crippen molar-refractivity contribution in [1.29, 1.82) is 0 Å². The number of aromatic nitrogens is 2. The number of piperidine rings is 1. The van der Waals surface area contributed by atoms with Crippen LogP contribution in [0.4, 0.5) is 21.8 Å². The minimum Gasteiger partial charge on any atom is -0.426 e. The van der Waals surface area contributed by atoms with Gasteiger partial charge >= 0.3 is 5.97 Å². The van der Waals surface area contributed by atoms with Crippen LogP contribution >= 0.6 is 24.8 Å². The SMILES string of the molecule is Cc1nc(Nc2ccc(F)cc2)nc(N2CCc3ccc(OC(=O)CN4CCCCC4)cc3C2C)c1C.Cl.Cl. The summed E-state index contributed by atoms with van der Waals surface area (Å²) >= 11 is 0. The van der Waals surface area contributed by atoms with Crippen molar-refractivity contribution in [2.75, 3.05) is 36.4 Å². The highest BCUT2D eigenvalue weighted by Gasteiger charge is 2.28. The lowest BCUT2D eigenvalue weighted by molar-refractivity contribution is -0.135. The second-order valence-electron chi connectivity index (χ2n) is 10.0. The third-order valence-electron chi connectivity index (χ3n) is 7.43. The third kappa shape index (κ3) is 7.18. The van der Waals surface area contributed by atoms with Gasteiger partial charge in [-0.1, -0.05) is 12.5 Å². The van der Waals surface area contributed by atoms with E-state index in [1.54, 1.807) is 12.1 Å². The summed E-state index contributed by atoms with van der Waals surface area (Å²) in [6.45, 7) is 9.23. The number of carbonyl (C=O) groups is 1. The van der Waals surface area contributed by atoms with E-state index >= 15 is 0 Å². The number of esters is 1. The van der Waals surface area contributed by atoms with Gasteiger partial charge in [-0.15, -0.1) is 24.8 Å². The molecule has 1 saturated heterocycles. The minimum atomic E-state index is -0.287. The molecule has 0 amide bonds. The molecule has 1 N–H and O–H groups in total. The lowest BCUT2D eigenvalue weighted by atomic mass is 9.93. The van der Waals surface area contributed by atoms with Gasteiger partial charge in [0.25, 0.3) is 0 Å². The number of benzene rings is 2. The van der Waals surface area contributed by atoms with Gasteiger partial charge in [0.05, 0.1) is 12.6 Å². The highest BCUT2D eigenvalue weighted by molar-refractivity contribution is 5.85. The summed E-state index contributed by atoms with van der Waals surface area (Å²) in [4.78, 5) is 26.5. The number of nitrogens with zero attached hydrogens (tertiary/aromatic N) is 4. The highest BCUT2D eigenvalue weighted by Crippen LogP contribution is 2.37. The molecule has 1 unspecified atom stereocenters. The number of aryl methyl sites for hydroxylation is 1. The molecule has 0 radical (unpaired) electrons. The lowest BCUT2D eigenvalue weighted by Gasteiger charge is -2.37. The van der Waals surface area contributed by atoms with Crippen molar-refractivity contribution in [3.63, 3.8) is 0 Å². The summed E-state index contributed by atoms with van der Waals surface area (Å²) in [5, 5.41) is 3.20. The molecule has 3 heterocycles. The molecule has 3 aromatic rings. The standard InChI is InChI=1S/C29H34FN5O2.2ClH/c1-19-20(2)31-29(32-24-10-8-23(30)9-11-24)33-28(19)35-16-13-22-7-12-25(17-26(22)21(35)3)37-27(36)18-34-14-5-4-6-15-34;;/h7-12,17,21H,4-6,13-16,18H2,1-3H3,(H,31,32,33);2*1H. The molecule has 2 aliphatic rings. The zero-order valence-corrected chi connectivity index (χ0v) is 24.2. The summed E-state index contributed by atoms with van der Waals surface area (Å²) in [5.74, 6) is 1.43. The van der Waals surface area contributed by atoms with Gasteiger partial charge in [-0.3, -0.25) is 9.69 Å². The summed E-state index contributed by atoms with van der Waals surface area (Å²) in [7, 11) is 0. The van der Waals surface area contributed by atoms with E-state index in [2.05, 4.69) is 33.1 Å². The molecule has 0 bridgehead atoms. The van der Waals surface area contributed by atoms with Crippen LogP contribution in [-0.2, 0) is 11.2 Å². The number of carbonyl (C=O) groups excluding carboxylic acids is 1. The van der Waals surface area contributed by atoms with E-state index in [0.29, 0.717) is 18.2 Å². The molecule has 1 atom stereocenters. The Labute approximate surface area is 242 Å². The largest absolute Gasteiger partial charge is 0.426 e. The van der Waals surface area contributed by atoms with Crippen LogP contribution in [0.5, 0.6) is 5.75 Å². The van der Waals surface area contributed by atoms with E-state index in [-0.39, 0.29) is 42.6 Å². The molecule has 0 saturated carbocycles. The Morgan fingerprint density at radius 3 is 2.46 bits per heavy atom. The first-order valence-electron chi connectivity index (χ1n) is 13.1. The fraction of sp³-hybridized carbons (Fsp3) is 0.414. The number of fused-ring (bicyclic) bond motifs is 1. The second-order valence-corrected chi connectivity index (χ2v) is 10.0. The molecule has 2 aliphatic heterocycles. The number of halogens is 3. The van der Waals surface area contributed by atoms with Crippen molar-refractivity contribution in [3.8, 4) is 5.75 Å². The Balaban J connectivity index is 0.00000210. The Hall–Kier alpha value is -2.94. The van der Waals surface area contributed by atoms with E-state index in [0.717, 1.165) is 67.2 Å². The van der Waals surface area contributed by atoms with E-state index in [9.17, 15) is 9.18 Å². The van der Waals surface area contributed by atoms with Gasteiger partial charge in [0.1, 0.15) is 17.4 Å². The topological polar surface area (TPSA) is 70.6 Å². The van der Waals surface area contributed by atoms with Gasteiger partial charge in [-0.05, 0) is 101 Å². The predicted molar refractivity (Wildman–Crippen MR) is 158 cm³/mol. The van der Waals surface area contributed by atoms with E-state index < -0.39 is 0 Å². The first kappa shape index (κ1) is 30.6. The van der Waals surface area contributed by atoms with Crippen molar-refractivity contribution >= 4 is 48.2 Å². The number of hydrogen-bond acceptors (Lipinski definition) is 7. The molecule has 0 aliphatic carbocycles. The highest BCUT2D eigenvalue weighted by atomic mass is 35.5. The molecule has 5 rings (SSSR count). The number of hydrogen-bond donors (Lipinski definition) is 1. The van der Waals surface area contributed by atoms with Gasteiger partial charge in [0.15, 0.2) is 0 Å². The van der Waals surface area contributed by atoms with Crippen LogP contribution in [0, 0.1) is 19.7 Å². The van der Waals surface area contributed by atoms with Crippen LogP contribution in [0.15, 0.2) is 42.5 Å². The van der Waals surface area contributed by atoms with Gasteiger partial charge in [0, 0.05) is 23.5 Å². The van der Waals surface area contributed by atoms with Crippen molar-refractivity contribution in [2.45, 2.75) is 52.5 Å². The number of nitrogens with one attached hydrogen (secondary N) is 1. The van der Waals surface area contributed by atoms with Gasteiger partial charge in [-0.25, -0.2) is 9.37 Å². The average Bonchev–Trinajstić information content (AvgIpc) is 2.89. The van der Waals surface area contributed by atoms with E-state index in [4.69, 9.17) is 9.72 Å². The molecule has 10 heteroatoms.